The van der Waals surface area contributed by atoms with E-state index in [1.165, 1.54) is 10.9 Å². The van der Waals surface area contributed by atoms with Crippen LogP contribution in [-0.4, -0.2) is 34.1 Å². The van der Waals surface area contributed by atoms with Crippen molar-refractivity contribution >= 4 is 39.9 Å². The van der Waals surface area contributed by atoms with Crippen molar-refractivity contribution in [1.82, 2.24) is 15.0 Å². The summed E-state index contributed by atoms with van der Waals surface area (Å²) in [6.45, 7) is 2.84. The number of hydrogen-bond acceptors (Lipinski definition) is 5. The fourth-order valence-electron chi connectivity index (χ4n) is 2.53. The molecule has 4 N–H and O–H groups in total. The summed E-state index contributed by atoms with van der Waals surface area (Å²) >= 11 is 12.1. The maximum Gasteiger partial charge on any atom is 0.226 e. The standard InChI is InChI=1S/C17H19Cl2N5O/c1-10(8-20)25-14-15(18)23-17(19)24-16(14)21-7-6-11-9-22-13-5-3-2-4-12(11)13/h2-5,9-10,22H,6-8,20H2,1H3,(H,21,23,24). The van der Waals surface area contributed by atoms with E-state index in [0.717, 1.165) is 11.9 Å². The maximum atomic E-state index is 6.15. The van der Waals surface area contributed by atoms with Crippen molar-refractivity contribution in [3.05, 3.63) is 46.5 Å². The molecule has 0 saturated carbocycles. The van der Waals surface area contributed by atoms with E-state index in [1.54, 1.807) is 0 Å². The fraction of sp³-hybridized carbons (Fsp3) is 0.294. The van der Waals surface area contributed by atoms with Gasteiger partial charge < -0.3 is 20.8 Å². The first kappa shape index (κ1) is 17.8. The summed E-state index contributed by atoms with van der Waals surface area (Å²) in [4.78, 5) is 11.4. The fourth-order valence-corrected chi connectivity index (χ4v) is 2.95. The monoisotopic (exact) mass is 379 g/mol. The first-order valence-corrected chi connectivity index (χ1v) is 8.72. The average Bonchev–Trinajstić information content (AvgIpc) is 3.01. The van der Waals surface area contributed by atoms with E-state index in [9.17, 15) is 0 Å². The molecule has 0 aliphatic rings. The van der Waals surface area contributed by atoms with Crippen molar-refractivity contribution in [2.45, 2.75) is 19.4 Å². The molecule has 1 atom stereocenters. The molecule has 132 valence electrons. The summed E-state index contributed by atoms with van der Waals surface area (Å²) in [5.41, 5.74) is 7.94. The number of para-hydroxylation sites is 1. The Hall–Kier alpha value is -2.02. The van der Waals surface area contributed by atoms with Gasteiger partial charge in [0.25, 0.3) is 0 Å². The lowest BCUT2D eigenvalue weighted by Crippen LogP contribution is -2.24. The summed E-state index contributed by atoms with van der Waals surface area (Å²) in [5.74, 6) is 0.827. The molecule has 0 spiro atoms. The highest BCUT2D eigenvalue weighted by Crippen LogP contribution is 2.32. The molecule has 8 heteroatoms. The van der Waals surface area contributed by atoms with Crippen LogP contribution in [-0.2, 0) is 6.42 Å². The highest BCUT2D eigenvalue weighted by molar-refractivity contribution is 6.33. The molecule has 3 rings (SSSR count). The van der Waals surface area contributed by atoms with Gasteiger partial charge in [0.2, 0.25) is 5.28 Å². The van der Waals surface area contributed by atoms with E-state index >= 15 is 0 Å². The third kappa shape index (κ3) is 4.15. The third-order valence-electron chi connectivity index (χ3n) is 3.81. The van der Waals surface area contributed by atoms with Gasteiger partial charge in [-0.2, -0.15) is 4.98 Å². The number of anilines is 1. The molecule has 0 aliphatic heterocycles. The van der Waals surface area contributed by atoms with Crippen LogP contribution in [0.1, 0.15) is 12.5 Å². The Morgan fingerprint density at radius 3 is 2.88 bits per heavy atom. The van der Waals surface area contributed by atoms with Crippen LogP contribution in [0.2, 0.25) is 10.4 Å². The number of halogens is 2. The number of benzene rings is 1. The van der Waals surface area contributed by atoms with Crippen LogP contribution >= 0.6 is 23.2 Å². The summed E-state index contributed by atoms with van der Waals surface area (Å²) in [7, 11) is 0. The van der Waals surface area contributed by atoms with Crippen molar-refractivity contribution in [2.24, 2.45) is 5.73 Å². The molecular weight excluding hydrogens is 361 g/mol. The number of nitrogens with one attached hydrogen (secondary N) is 2. The van der Waals surface area contributed by atoms with Gasteiger partial charge >= 0.3 is 0 Å². The van der Waals surface area contributed by atoms with Crippen LogP contribution in [0, 0.1) is 0 Å². The van der Waals surface area contributed by atoms with Crippen molar-refractivity contribution in [2.75, 3.05) is 18.4 Å². The molecule has 1 aromatic carbocycles. The van der Waals surface area contributed by atoms with Gasteiger partial charge in [-0.25, -0.2) is 4.98 Å². The normalized spacial score (nSPS) is 12.3. The van der Waals surface area contributed by atoms with E-state index in [2.05, 4.69) is 32.4 Å². The molecule has 1 unspecified atom stereocenters. The predicted octanol–water partition coefficient (Wildman–Crippen LogP) is 3.65. The molecule has 0 bridgehead atoms. The number of fused-ring (bicyclic) bond motifs is 1. The van der Waals surface area contributed by atoms with Gasteiger partial charge in [0, 0.05) is 30.2 Å². The lowest BCUT2D eigenvalue weighted by atomic mass is 10.1. The van der Waals surface area contributed by atoms with Crippen LogP contribution in [0.5, 0.6) is 5.75 Å². The highest BCUT2D eigenvalue weighted by Gasteiger charge is 2.16. The number of nitrogens with zero attached hydrogens (tertiary/aromatic N) is 2. The van der Waals surface area contributed by atoms with Crippen molar-refractivity contribution < 1.29 is 4.74 Å². The SMILES string of the molecule is CC(CN)Oc1c(Cl)nc(Cl)nc1NCCc1c[nH]c2ccccc12. The minimum atomic E-state index is -0.212. The van der Waals surface area contributed by atoms with Crippen LogP contribution in [0.4, 0.5) is 5.82 Å². The molecule has 25 heavy (non-hydrogen) atoms. The Morgan fingerprint density at radius 1 is 1.28 bits per heavy atom. The Kier molecular flexibility index (Phi) is 5.63. The molecule has 2 aromatic heterocycles. The van der Waals surface area contributed by atoms with E-state index in [-0.39, 0.29) is 16.5 Å². The van der Waals surface area contributed by atoms with Crippen molar-refractivity contribution in [3.8, 4) is 5.75 Å². The van der Waals surface area contributed by atoms with Gasteiger partial charge in [-0.15, -0.1) is 0 Å². The first-order chi connectivity index (χ1) is 12.1. The smallest absolute Gasteiger partial charge is 0.226 e. The van der Waals surface area contributed by atoms with E-state index in [0.29, 0.717) is 24.7 Å². The summed E-state index contributed by atoms with van der Waals surface area (Å²) in [6, 6.07) is 8.18. The van der Waals surface area contributed by atoms with Gasteiger partial charge in [0.05, 0.1) is 0 Å². The number of hydrogen-bond donors (Lipinski definition) is 3. The molecule has 0 fully saturated rings. The first-order valence-electron chi connectivity index (χ1n) is 7.97. The summed E-state index contributed by atoms with van der Waals surface area (Å²) in [6.07, 6.45) is 2.60. The number of H-pyrrole nitrogens is 1. The number of aromatic nitrogens is 3. The largest absolute Gasteiger partial charge is 0.483 e. The molecule has 0 radical (unpaired) electrons. The second-order valence-electron chi connectivity index (χ2n) is 5.66. The van der Waals surface area contributed by atoms with Crippen LogP contribution < -0.4 is 15.8 Å². The minimum Gasteiger partial charge on any atom is -0.483 e. The maximum absolute atomic E-state index is 6.15. The lowest BCUT2D eigenvalue weighted by Gasteiger charge is -2.17. The number of nitrogens with two attached hydrogens (primary N) is 1. The van der Waals surface area contributed by atoms with Crippen LogP contribution in [0.25, 0.3) is 10.9 Å². The Morgan fingerprint density at radius 2 is 2.08 bits per heavy atom. The second kappa shape index (κ2) is 7.91. The molecule has 0 aliphatic carbocycles. The van der Waals surface area contributed by atoms with Gasteiger partial charge in [0.15, 0.2) is 16.7 Å². The van der Waals surface area contributed by atoms with Crippen LogP contribution in [0.15, 0.2) is 30.5 Å². The highest BCUT2D eigenvalue weighted by atomic mass is 35.5. The van der Waals surface area contributed by atoms with E-state index in [1.807, 2.05) is 25.3 Å². The molecule has 3 aromatic rings. The molecule has 6 nitrogen and oxygen atoms in total. The lowest BCUT2D eigenvalue weighted by molar-refractivity contribution is 0.229. The van der Waals surface area contributed by atoms with Gasteiger partial charge in [-0.3, -0.25) is 0 Å². The Balaban J connectivity index is 1.74. The van der Waals surface area contributed by atoms with Crippen molar-refractivity contribution in [3.63, 3.8) is 0 Å². The molecule has 0 amide bonds. The van der Waals surface area contributed by atoms with Crippen LogP contribution in [0.3, 0.4) is 0 Å². The summed E-state index contributed by atoms with van der Waals surface area (Å²) in [5, 5.41) is 4.66. The van der Waals surface area contributed by atoms with Gasteiger partial charge in [-0.05, 0) is 36.6 Å². The number of rotatable bonds is 7. The minimum absolute atomic E-state index is 0.0624. The van der Waals surface area contributed by atoms with E-state index in [4.69, 9.17) is 33.7 Å². The zero-order chi connectivity index (χ0) is 17.8. The predicted molar refractivity (Wildman–Crippen MR) is 102 cm³/mol. The number of ether oxygens (including phenoxy) is 1. The second-order valence-corrected chi connectivity index (χ2v) is 6.36. The molecule has 2 heterocycles. The quantitative estimate of drug-likeness (QED) is 0.430. The molecular formula is C17H19Cl2N5O. The zero-order valence-corrected chi connectivity index (χ0v) is 15.2. The topological polar surface area (TPSA) is 88.8 Å². The van der Waals surface area contributed by atoms with E-state index < -0.39 is 0 Å². The van der Waals surface area contributed by atoms with Crippen molar-refractivity contribution in [1.29, 1.82) is 0 Å². The summed E-state index contributed by atoms with van der Waals surface area (Å²) < 4.78 is 5.73. The van der Waals surface area contributed by atoms with Gasteiger partial charge in [0.1, 0.15) is 6.10 Å². The Bertz CT molecular complexity index is 867. The Labute approximate surface area is 155 Å². The zero-order valence-electron chi connectivity index (χ0n) is 13.7. The number of aromatic amines is 1. The van der Waals surface area contributed by atoms with Gasteiger partial charge in [-0.1, -0.05) is 29.8 Å². The third-order valence-corrected chi connectivity index (χ3v) is 4.23. The average molecular weight is 380 g/mol. The molecule has 0 saturated heterocycles.